The van der Waals surface area contributed by atoms with Gasteiger partial charge < -0.3 is 20.1 Å². The molecule has 2 aromatic carbocycles. The van der Waals surface area contributed by atoms with Crippen molar-refractivity contribution >= 4 is 34.7 Å². The van der Waals surface area contributed by atoms with Gasteiger partial charge in [0.25, 0.3) is 11.8 Å². The molecule has 8 heteroatoms. The molecule has 2 aromatic rings. The highest BCUT2D eigenvalue weighted by molar-refractivity contribution is 6.36. The molecular weight excluding hydrogens is 374 g/mol. The highest BCUT2D eigenvalue weighted by Crippen LogP contribution is 2.34. The molecule has 0 unspecified atom stereocenters. The molecule has 8 nitrogen and oxygen atoms in total. The summed E-state index contributed by atoms with van der Waals surface area (Å²) in [5.41, 5.74) is 2.14. The summed E-state index contributed by atoms with van der Waals surface area (Å²) in [6, 6.07) is 11.8. The second-order valence-corrected chi connectivity index (χ2v) is 6.37. The number of ether oxygens (including phenoxy) is 2. The predicted octanol–water partition coefficient (Wildman–Crippen LogP) is 2.48. The third-order valence-corrected chi connectivity index (χ3v) is 4.43. The average molecular weight is 395 g/mol. The number of rotatable bonds is 6. The van der Waals surface area contributed by atoms with Gasteiger partial charge in [-0.2, -0.15) is 0 Å². The number of amides is 3. The zero-order valence-corrected chi connectivity index (χ0v) is 16.5. The lowest BCUT2D eigenvalue weighted by atomic mass is 10.0. The molecule has 3 rings (SSSR count). The minimum atomic E-state index is -0.439. The summed E-state index contributed by atoms with van der Waals surface area (Å²) < 4.78 is 10.5. The number of carbonyl (C=O) groups is 3. The van der Waals surface area contributed by atoms with E-state index in [1.165, 1.54) is 28.2 Å². The molecule has 0 saturated carbocycles. The van der Waals surface area contributed by atoms with Crippen molar-refractivity contribution < 1.29 is 23.9 Å². The maximum absolute atomic E-state index is 12.7. The Labute approximate surface area is 168 Å². The van der Waals surface area contributed by atoms with Crippen molar-refractivity contribution in [3.63, 3.8) is 0 Å². The maximum atomic E-state index is 12.7. The van der Waals surface area contributed by atoms with Gasteiger partial charge in [-0.05, 0) is 29.8 Å². The lowest BCUT2D eigenvalue weighted by molar-refractivity contribution is -0.135. The van der Waals surface area contributed by atoms with E-state index in [0.717, 1.165) is 4.90 Å². The molecule has 1 aliphatic rings. The largest absolute Gasteiger partial charge is 0.493 e. The highest BCUT2D eigenvalue weighted by Gasteiger charge is 2.36. The molecule has 0 atom stereocenters. The summed E-state index contributed by atoms with van der Waals surface area (Å²) in [7, 11) is 4.48. The van der Waals surface area contributed by atoms with Crippen LogP contribution in [0.1, 0.15) is 12.5 Å². The van der Waals surface area contributed by atoms with E-state index in [1.54, 1.807) is 42.5 Å². The van der Waals surface area contributed by atoms with Crippen molar-refractivity contribution in [2.75, 3.05) is 31.9 Å². The van der Waals surface area contributed by atoms with Crippen LogP contribution < -0.4 is 20.1 Å². The van der Waals surface area contributed by atoms with Gasteiger partial charge in [-0.25, -0.2) is 0 Å². The molecule has 0 spiro atoms. The van der Waals surface area contributed by atoms with Gasteiger partial charge in [0.2, 0.25) is 5.91 Å². The molecule has 0 radical (unpaired) electrons. The van der Waals surface area contributed by atoms with Crippen LogP contribution in [0.4, 0.5) is 11.4 Å². The third kappa shape index (κ3) is 3.91. The number of nitrogens with one attached hydrogen (secondary N) is 2. The first-order chi connectivity index (χ1) is 13.8. The van der Waals surface area contributed by atoms with Gasteiger partial charge in [0, 0.05) is 31.4 Å². The molecule has 3 amide bonds. The summed E-state index contributed by atoms with van der Waals surface area (Å²) in [5, 5.41) is 5.70. The number of anilines is 2. The zero-order chi connectivity index (χ0) is 21.1. The van der Waals surface area contributed by atoms with Crippen LogP contribution in [0, 0.1) is 0 Å². The summed E-state index contributed by atoms with van der Waals surface area (Å²) >= 11 is 0. The van der Waals surface area contributed by atoms with Crippen molar-refractivity contribution in [1.29, 1.82) is 0 Å². The standard InChI is InChI=1S/C21H21N3O5/c1-12(25)22-14-7-5-13(6-8-14)18-19(21(27)24(2)20(18)26)23-15-9-10-16(28-3)17(11-15)29-4/h5-11,23H,1-4H3,(H,22,25). The second-order valence-electron chi connectivity index (χ2n) is 6.37. The van der Waals surface area contributed by atoms with Gasteiger partial charge in [0.05, 0.1) is 19.8 Å². The van der Waals surface area contributed by atoms with Crippen LogP contribution in [0.15, 0.2) is 48.2 Å². The third-order valence-electron chi connectivity index (χ3n) is 4.43. The monoisotopic (exact) mass is 395 g/mol. The van der Waals surface area contributed by atoms with E-state index in [9.17, 15) is 14.4 Å². The van der Waals surface area contributed by atoms with Gasteiger partial charge >= 0.3 is 0 Å². The highest BCUT2D eigenvalue weighted by atomic mass is 16.5. The van der Waals surface area contributed by atoms with E-state index in [4.69, 9.17) is 9.47 Å². The van der Waals surface area contributed by atoms with Crippen molar-refractivity contribution in [3.05, 3.63) is 53.7 Å². The normalized spacial score (nSPS) is 13.6. The number of hydrogen-bond donors (Lipinski definition) is 2. The Bertz CT molecular complexity index is 1010. The van der Waals surface area contributed by atoms with E-state index >= 15 is 0 Å². The second kappa shape index (κ2) is 8.05. The van der Waals surface area contributed by atoms with E-state index in [2.05, 4.69) is 10.6 Å². The van der Waals surface area contributed by atoms with Crippen molar-refractivity contribution in [3.8, 4) is 11.5 Å². The van der Waals surface area contributed by atoms with E-state index in [1.807, 2.05) is 0 Å². The summed E-state index contributed by atoms with van der Waals surface area (Å²) in [4.78, 5) is 37.6. The molecule has 0 bridgehead atoms. The zero-order valence-electron chi connectivity index (χ0n) is 16.5. The number of nitrogens with zero attached hydrogens (tertiary/aromatic N) is 1. The summed E-state index contributed by atoms with van der Waals surface area (Å²) in [5.74, 6) is -0.00759. The van der Waals surface area contributed by atoms with Gasteiger partial charge in [0.1, 0.15) is 5.70 Å². The van der Waals surface area contributed by atoms with Gasteiger partial charge in [-0.1, -0.05) is 12.1 Å². The van der Waals surface area contributed by atoms with Crippen LogP contribution in [-0.2, 0) is 14.4 Å². The van der Waals surface area contributed by atoms with Gasteiger partial charge in [-0.15, -0.1) is 0 Å². The lowest BCUT2D eigenvalue weighted by Crippen LogP contribution is -2.27. The molecule has 0 aromatic heterocycles. The fourth-order valence-corrected chi connectivity index (χ4v) is 3.01. The molecule has 2 N–H and O–H groups in total. The Hall–Kier alpha value is -3.81. The molecule has 1 aliphatic heterocycles. The Kier molecular flexibility index (Phi) is 5.54. The molecule has 0 saturated heterocycles. The number of carbonyl (C=O) groups excluding carboxylic acids is 3. The number of methoxy groups -OCH3 is 2. The van der Waals surface area contributed by atoms with Crippen molar-refractivity contribution in [2.45, 2.75) is 6.92 Å². The molecule has 1 heterocycles. The molecule has 0 aliphatic carbocycles. The first-order valence-electron chi connectivity index (χ1n) is 8.79. The summed E-state index contributed by atoms with van der Waals surface area (Å²) in [6.45, 7) is 1.41. The number of likely N-dealkylation sites (N-methyl/N-ethyl adjacent to an activating group) is 1. The van der Waals surface area contributed by atoms with E-state index in [0.29, 0.717) is 28.4 Å². The number of benzene rings is 2. The smallest absolute Gasteiger partial charge is 0.277 e. The predicted molar refractivity (Wildman–Crippen MR) is 109 cm³/mol. The Morgan fingerprint density at radius 3 is 2.10 bits per heavy atom. The van der Waals surface area contributed by atoms with Crippen molar-refractivity contribution in [1.82, 2.24) is 4.90 Å². The minimum Gasteiger partial charge on any atom is -0.493 e. The molecule has 0 fully saturated rings. The lowest BCUT2D eigenvalue weighted by Gasteiger charge is -2.12. The Morgan fingerprint density at radius 1 is 0.897 bits per heavy atom. The average Bonchev–Trinajstić information content (AvgIpc) is 2.92. The maximum Gasteiger partial charge on any atom is 0.277 e. The first kappa shape index (κ1) is 19.9. The van der Waals surface area contributed by atoms with Gasteiger partial charge in [-0.3, -0.25) is 19.3 Å². The number of hydrogen-bond acceptors (Lipinski definition) is 6. The Morgan fingerprint density at radius 2 is 1.52 bits per heavy atom. The molecule has 150 valence electrons. The first-order valence-corrected chi connectivity index (χ1v) is 8.79. The van der Waals surface area contributed by atoms with Crippen LogP contribution in [0.25, 0.3) is 5.57 Å². The van der Waals surface area contributed by atoms with Crippen LogP contribution in [0.2, 0.25) is 0 Å². The van der Waals surface area contributed by atoms with Crippen LogP contribution in [0.5, 0.6) is 11.5 Å². The van der Waals surface area contributed by atoms with E-state index < -0.39 is 11.8 Å². The van der Waals surface area contributed by atoms with Crippen LogP contribution in [-0.4, -0.2) is 43.9 Å². The topological polar surface area (TPSA) is 97.0 Å². The fraction of sp³-hybridized carbons (Fsp3) is 0.190. The van der Waals surface area contributed by atoms with Crippen molar-refractivity contribution in [2.24, 2.45) is 0 Å². The number of imide groups is 1. The quantitative estimate of drug-likeness (QED) is 0.730. The Balaban J connectivity index is 2.00. The summed E-state index contributed by atoms with van der Waals surface area (Å²) in [6.07, 6.45) is 0. The molecule has 29 heavy (non-hydrogen) atoms. The van der Waals surface area contributed by atoms with E-state index in [-0.39, 0.29) is 17.2 Å². The molecular formula is C21H21N3O5. The SMILES string of the molecule is COc1ccc(NC2=C(c3ccc(NC(C)=O)cc3)C(=O)N(C)C2=O)cc1OC. The van der Waals surface area contributed by atoms with Crippen LogP contribution >= 0.6 is 0 Å². The van der Waals surface area contributed by atoms with Gasteiger partial charge in [0.15, 0.2) is 11.5 Å². The minimum absolute atomic E-state index is 0.164. The fourth-order valence-electron chi connectivity index (χ4n) is 3.01. The van der Waals surface area contributed by atoms with Crippen LogP contribution in [0.3, 0.4) is 0 Å².